The van der Waals surface area contributed by atoms with Gasteiger partial charge < -0.3 is 4.57 Å². The predicted molar refractivity (Wildman–Crippen MR) is 78.8 cm³/mol. The Morgan fingerprint density at radius 2 is 2.00 bits per heavy atom. The monoisotopic (exact) mass is 269 g/mol. The second kappa shape index (κ2) is 4.30. The lowest BCUT2D eigenvalue weighted by Crippen LogP contribution is -2.18. The normalized spacial score (nSPS) is 21.6. The molecule has 1 aliphatic rings. The van der Waals surface area contributed by atoms with Crippen LogP contribution in [0.15, 0.2) is 30.5 Å². The van der Waals surface area contributed by atoms with E-state index in [1.807, 2.05) is 42.1 Å². The topological polar surface area (TPSA) is 39.1 Å². The van der Waals surface area contributed by atoms with E-state index in [-0.39, 0.29) is 17.0 Å². The van der Waals surface area contributed by atoms with Crippen LogP contribution in [0.5, 0.6) is 0 Å². The van der Waals surface area contributed by atoms with Crippen LogP contribution in [0.25, 0.3) is 10.9 Å². The molecule has 0 saturated heterocycles. The minimum atomic E-state index is -0.462. The first-order valence-corrected chi connectivity index (χ1v) is 7.00. The number of para-hydroxylation sites is 1. The first-order valence-electron chi connectivity index (χ1n) is 7.00. The summed E-state index contributed by atoms with van der Waals surface area (Å²) in [6.45, 7) is 4.11. The Morgan fingerprint density at radius 1 is 1.30 bits per heavy atom. The Morgan fingerprint density at radius 3 is 2.65 bits per heavy atom. The minimum absolute atomic E-state index is 0.0163. The van der Waals surface area contributed by atoms with Gasteiger partial charge in [-0.2, -0.15) is 0 Å². The van der Waals surface area contributed by atoms with E-state index in [4.69, 9.17) is 0 Å². The van der Waals surface area contributed by atoms with Crippen molar-refractivity contribution in [2.24, 2.45) is 18.4 Å². The highest BCUT2D eigenvalue weighted by atomic mass is 16.2. The highest BCUT2D eigenvalue weighted by molar-refractivity contribution is 6.17. The number of hydrogen-bond acceptors (Lipinski definition) is 2. The van der Waals surface area contributed by atoms with Crippen LogP contribution < -0.4 is 0 Å². The SMILES string of the molecule is Cn1cc(C(=O)C2CC(C)(C)CC2=O)c2ccccc21. The van der Waals surface area contributed by atoms with Gasteiger partial charge >= 0.3 is 0 Å². The fourth-order valence-electron chi connectivity index (χ4n) is 3.30. The molecule has 0 radical (unpaired) electrons. The zero-order valence-corrected chi connectivity index (χ0v) is 12.1. The molecule has 1 fully saturated rings. The highest BCUT2D eigenvalue weighted by Crippen LogP contribution is 2.40. The molecule has 3 nitrogen and oxygen atoms in total. The Hall–Kier alpha value is -1.90. The molecule has 104 valence electrons. The average Bonchev–Trinajstić information content (AvgIpc) is 2.86. The molecule has 3 heteroatoms. The third-order valence-electron chi connectivity index (χ3n) is 4.28. The number of carbonyl (C=O) groups is 2. The van der Waals surface area contributed by atoms with Crippen molar-refractivity contribution < 1.29 is 9.59 Å². The van der Waals surface area contributed by atoms with E-state index in [9.17, 15) is 9.59 Å². The lowest BCUT2D eigenvalue weighted by Gasteiger charge is -2.14. The molecule has 1 aromatic heterocycles. The second-order valence-corrected chi connectivity index (χ2v) is 6.60. The van der Waals surface area contributed by atoms with Crippen molar-refractivity contribution in [2.75, 3.05) is 0 Å². The van der Waals surface area contributed by atoms with Crippen LogP contribution in [-0.2, 0) is 11.8 Å². The number of rotatable bonds is 2. The zero-order chi connectivity index (χ0) is 14.5. The maximum Gasteiger partial charge on any atom is 0.175 e. The molecule has 3 rings (SSSR count). The summed E-state index contributed by atoms with van der Waals surface area (Å²) >= 11 is 0. The summed E-state index contributed by atoms with van der Waals surface area (Å²) in [7, 11) is 1.93. The van der Waals surface area contributed by atoms with Crippen molar-refractivity contribution in [3.8, 4) is 0 Å². The van der Waals surface area contributed by atoms with Crippen molar-refractivity contribution in [3.05, 3.63) is 36.0 Å². The number of fused-ring (bicyclic) bond motifs is 1. The number of hydrogen-bond donors (Lipinski definition) is 0. The summed E-state index contributed by atoms with van der Waals surface area (Å²) in [5.41, 5.74) is 1.65. The molecule has 0 aliphatic heterocycles. The highest BCUT2D eigenvalue weighted by Gasteiger charge is 2.42. The Balaban J connectivity index is 2.04. The zero-order valence-electron chi connectivity index (χ0n) is 12.1. The molecule has 1 unspecified atom stereocenters. The van der Waals surface area contributed by atoms with Crippen molar-refractivity contribution in [2.45, 2.75) is 26.7 Å². The van der Waals surface area contributed by atoms with Crippen molar-refractivity contribution in [1.29, 1.82) is 0 Å². The van der Waals surface area contributed by atoms with Gasteiger partial charge in [-0.05, 0) is 17.9 Å². The molecular weight excluding hydrogens is 250 g/mol. The number of nitrogens with zero attached hydrogens (tertiary/aromatic N) is 1. The summed E-state index contributed by atoms with van der Waals surface area (Å²) < 4.78 is 1.95. The van der Waals surface area contributed by atoms with Crippen molar-refractivity contribution in [3.63, 3.8) is 0 Å². The molecule has 0 N–H and O–H groups in total. The standard InChI is InChI=1S/C17H19NO2/c1-17(2)8-12(15(19)9-17)16(20)13-10-18(3)14-7-5-4-6-11(13)14/h4-7,10,12H,8-9H2,1-3H3. The molecular formula is C17H19NO2. The van der Waals surface area contributed by atoms with Gasteiger partial charge in [0.05, 0.1) is 5.92 Å². The van der Waals surface area contributed by atoms with Gasteiger partial charge in [0.15, 0.2) is 5.78 Å². The van der Waals surface area contributed by atoms with E-state index in [1.54, 1.807) is 0 Å². The summed E-state index contributed by atoms with van der Waals surface area (Å²) in [5.74, 6) is -0.388. The molecule has 1 saturated carbocycles. The maximum atomic E-state index is 12.7. The number of ketones is 2. The molecule has 0 spiro atoms. The Kier molecular flexibility index (Phi) is 2.82. The van der Waals surface area contributed by atoms with Crippen LogP contribution >= 0.6 is 0 Å². The molecule has 1 aromatic carbocycles. The number of aryl methyl sites for hydroxylation is 1. The maximum absolute atomic E-state index is 12.7. The van der Waals surface area contributed by atoms with Gasteiger partial charge in [-0.25, -0.2) is 0 Å². The van der Waals surface area contributed by atoms with E-state index in [0.29, 0.717) is 18.4 Å². The molecule has 2 aromatic rings. The number of carbonyl (C=O) groups excluding carboxylic acids is 2. The summed E-state index contributed by atoms with van der Waals surface area (Å²) in [6.07, 6.45) is 3.02. The third-order valence-corrected chi connectivity index (χ3v) is 4.28. The molecule has 1 aliphatic carbocycles. The first-order chi connectivity index (χ1) is 9.39. The van der Waals surface area contributed by atoms with Gasteiger partial charge in [0.2, 0.25) is 0 Å². The van der Waals surface area contributed by atoms with Gasteiger partial charge in [-0.1, -0.05) is 32.0 Å². The smallest absolute Gasteiger partial charge is 0.175 e. The lowest BCUT2D eigenvalue weighted by molar-refractivity contribution is -0.119. The molecule has 1 heterocycles. The van der Waals surface area contributed by atoms with Gasteiger partial charge in [-0.3, -0.25) is 9.59 Å². The molecule has 0 amide bonds. The predicted octanol–water partition coefficient (Wildman–Crippen LogP) is 3.37. The van der Waals surface area contributed by atoms with Crippen LogP contribution in [0.1, 0.15) is 37.0 Å². The average molecular weight is 269 g/mol. The van der Waals surface area contributed by atoms with Gasteiger partial charge in [0, 0.05) is 36.1 Å². The summed E-state index contributed by atoms with van der Waals surface area (Å²) in [4.78, 5) is 24.9. The molecule has 20 heavy (non-hydrogen) atoms. The quantitative estimate of drug-likeness (QED) is 0.619. The fraction of sp³-hybridized carbons (Fsp3) is 0.412. The van der Waals surface area contributed by atoms with Crippen LogP contribution in [-0.4, -0.2) is 16.1 Å². The Bertz CT molecular complexity index is 709. The Labute approximate surface area is 118 Å². The van der Waals surface area contributed by atoms with Crippen LogP contribution in [0.4, 0.5) is 0 Å². The molecule has 0 bridgehead atoms. The lowest BCUT2D eigenvalue weighted by atomic mass is 9.88. The molecule has 1 atom stereocenters. The van der Waals surface area contributed by atoms with Gasteiger partial charge in [0.1, 0.15) is 5.78 Å². The third kappa shape index (κ3) is 1.98. The van der Waals surface area contributed by atoms with Crippen molar-refractivity contribution in [1.82, 2.24) is 4.57 Å². The van der Waals surface area contributed by atoms with E-state index in [1.165, 1.54) is 0 Å². The fourth-order valence-corrected chi connectivity index (χ4v) is 3.30. The van der Waals surface area contributed by atoms with E-state index in [0.717, 1.165) is 10.9 Å². The number of benzene rings is 1. The van der Waals surface area contributed by atoms with Gasteiger partial charge in [-0.15, -0.1) is 0 Å². The first kappa shape index (κ1) is 13.1. The van der Waals surface area contributed by atoms with Crippen LogP contribution in [0.2, 0.25) is 0 Å². The largest absolute Gasteiger partial charge is 0.350 e. The van der Waals surface area contributed by atoms with E-state index in [2.05, 4.69) is 13.8 Å². The second-order valence-electron chi connectivity index (χ2n) is 6.60. The van der Waals surface area contributed by atoms with Crippen LogP contribution in [0, 0.1) is 11.3 Å². The number of Topliss-reactive ketones (excluding diaryl/α,β-unsaturated/α-hetero) is 2. The number of aromatic nitrogens is 1. The summed E-state index contributed by atoms with van der Waals surface area (Å²) in [6, 6.07) is 7.83. The minimum Gasteiger partial charge on any atom is -0.350 e. The van der Waals surface area contributed by atoms with Crippen LogP contribution in [0.3, 0.4) is 0 Å². The van der Waals surface area contributed by atoms with E-state index < -0.39 is 5.92 Å². The summed E-state index contributed by atoms with van der Waals surface area (Å²) in [5, 5.41) is 0.942. The van der Waals surface area contributed by atoms with Gasteiger partial charge in [0.25, 0.3) is 0 Å². The van der Waals surface area contributed by atoms with E-state index >= 15 is 0 Å². The van der Waals surface area contributed by atoms with Crippen molar-refractivity contribution >= 4 is 22.5 Å².